The minimum atomic E-state index is -0.966. The summed E-state index contributed by atoms with van der Waals surface area (Å²) < 4.78 is 0. The van der Waals surface area contributed by atoms with Gasteiger partial charge in [-0.1, -0.05) is 0 Å². The number of aliphatic carboxylic acids is 1. The van der Waals surface area contributed by atoms with E-state index in [4.69, 9.17) is 10.8 Å². The SMILES string of the molecule is CC1CCC(C(N)=O)CN1C(=O)N1CCC[C@@H]1C(=O)O. The fourth-order valence-corrected chi connectivity index (χ4v) is 3.02. The van der Waals surface area contributed by atoms with Crippen LogP contribution in [0.25, 0.3) is 0 Å². The van der Waals surface area contributed by atoms with E-state index in [1.54, 1.807) is 4.90 Å². The van der Waals surface area contributed by atoms with E-state index in [9.17, 15) is 14.4 Å². The lowest BCUT2D eigenvalue weighted by atomic mass is 9.93. The zero-order valence-corrected chi connectivity index (χ0v) is 11.6. The fraction of sp³-hybridized carbons (Fsp3) is 0.769. The molecule has 7 heteroatoms. The highest BCUT2D eigenvalue weighted by Gasteiger charge is 2.40. The zero-order valence-electron chi connectivity index (χ0n) is 11.6. The van der Waals surface area contributed by atoms with Gasteiger partial charge >= 0.3 is 12.0 Å². The highest BCUT2D eigenvalue weighted by molar-refractivity contribution is 5.84. The first kappa shape index (κ1) is 14.6. The molecular weight excluding hydrogens is 262 g/mol. The monoisotopic (exact) mass is 283 g/mol. The van der Waals surface area contributed by atoms with Gasteiger partial charge < -0.3 is 20.6 Å². The Morgan fingerprint density at radius 1 is 1.15 bits per heavy atom. The minimum Gasteiger partial charge on any atom is -0.480 e. The van der Waals surface area contributed by atoms with Crippen molar-refractivity contribution in [3.05, 3.63) is 0 Å². The normalized spacial score (nSPS) is 30.4. The third-order valence-electron chi connectivity index (χ3n) is 4.31. The molecule has 0 saturated carbocycles. The second-order valence-corrected chi connectivity index (χ2v) is 5.65. The number of nitrogens with two attached hydrogens (primary N) is 1. The van der Waals surface area contributed by atoms with Gasteiger partial charge in [0.2, 0.25) is 5.91 Å². The van der Waals surface area contributed by atoms with Crippen LogP contribution in [0.3, 0.4) is 0 Å². The van der Waals surface area contributed by atoms with Gasteiger partial charge in [-0.25, -0.2) is 9.59 Å². The number of carboxylic acids is 1. The largest absolute Gasteiger partial charge is 0.480 e. The zero-order chi connectivity index (χ0) is 14.9. The molecule has 2 heterocycles. The maximum absolute atomic E-state index is 12.5. The lowest BCUT2D eigenvalue weighted by Crippen LogP contribution is -2.55. The summed E-state index contributed by atoms with van der Waals surface area (Å²) in [6, 6.07) is -1.02. The van der Waals surface area contributed by atoms with Gasteiger partial charge in [0.15, 0.2) is 0 Å². The number of primary amides is 1. The minimum absolute atomic E-state index is 0.00754. The number of amides is 3. The number of hydrogen-bond donors (Lipinski definition) is 2. The smallest absolute Gasteiger partial charge is 0.326 e. The van der Waals surface area contributed by atoms with Crippen molar-refractivity contribution in [2.45, 2.75) is 44.7 Å². The van der Waals surface area contributed by atoms with Crippen LogP contribution < -0.4 is 5.73 Å². The van der Waals surface area contributed by atoms with Crippen LogP contribution in [0.5, 0.6) is 0 Å². The lowest BCUT2D eigenvalue weighted by Gasteiger charge is -2.39. The molecule has 2 rings (SSSR count). The molecule has 0 bridgehead atoms. The van der Waals surface area contributed by atoms with Crippen molar-refractivity contribution in [2.75, 3.05) is 13.1 Å². The molecule has 0 aliphatic carbocycles. The van der Waals surface area contributed by atoms with Crippen molar-refractivity contribution in [3.8, 4) is 0 Å². The molecule has 3 N–H and O–H groups in total. The van der Waals surface area contributed by atoms with Gasteiger partial charge in [0.05, 0.1) is 5.92 Å². The van der Waals surface area contributed by atoms with E-state index in [0.29, 0.717) is 32.2 Å². The maximum atomic E-state index is 12.5. The molecule has 2 saturated heterocycles. The molecule has 0 spiro atoms. The Bertz CT molecular complexity index is 426. The second-order valence-electron chi connectivity index (χ2n) is 5.65. The van der Waals surface area contributed by atoms with Crippen LogP contribution in [0.15, 0.2) is 0 Å². The van der Waals surface area contributed by atoms with E-state index in [1.807, 2.05) is 6.92 Å². The van der Waals surface area contributed by atoms with Crippen molar-refractivity contribution < 1.29 is 19.5 Å². The van der Waals surface area contributed by atoms with Gasteiger partial charge in [-0.2, -0.15) is 0 Å². The van der Waals surface area contributed by atoms with E-state index in [2.05, 4.69) is 0 Å². The number of likely N-dealkylation sites (tertiary alicyclic amines) is 2. The van der Waals surface area contributed by atoms with E-state index in [0.717, 1.165) is 0 Å². The summed E-state index contributed by atoms with van der Waals surface area (Å²) in [5, 5.41) is 9.15. The third-order valence-corrected chi connectivity index (χ3v) is 4.31. The van der Waals surface area contributed by atoms with Crippen LogP contribution in [0.2, 0.25) is 0 Å². The predicted molar refractivity (Wildman–Crippen MR) is 70.8 cm³/mol. The molecule has 0 aromatic rings. The summed E-state index contributed by atoms with van der Waals surface area (Å²) in [5.41, 5.74) is 5.32. The Morgan fingerprint density at radius 3 is 2.45 bits per heavy atom. The Labute approximate surface area is 117 Å². The number of carbonyl (C=O) groups is 3. The van der Waals surface area contributed by atoms with Crippen LogP contribution in [-0.4, -0.2) is 58.0 Å². The first-order valence-electron chi connectivity index (χ1n) is 7.01. The summed E-state index contributed by atoms with van der Waals surface area (Å²) in [7, 11) is 0. The van der Waals surface area contributed by atoms with Gasteiger partial charge in [0.25, 0.3) is 0 Å². The number of rotatable bonds is 2. The molecule has 2 aliphatic heterocycles. The van der Waals surface area contributed by atoms with Crippen molar-refractivity contribution in [2.24, 2.45) is 11.7 Å². The standard InChI is InChI=1S/C13H21N3O4/c1-8-4-5-9(11(14)17)7-16(8)13(20)15-6-2-3-10(15)12(18)19/h8-10H,2-7H2,1H3,(H2,14,17)(H,18,19)/t8?,9?,10-/m1/s1. The van der Waals surface area contributed by atoms with Crippen LogP contribution in [-0.2, 0) is 9.59 Å². The summed E-state index contributed by atoms with van der Waals surface area (Å²) in [6.07, 6.45) is 2.58. The molecule has 2 aliphatic rings. The number of nitrogens with zero attached hydrogens (tertiary/aromatic N) is 2. The Morgan fingerprint density at radius 2 is 1.85 bits per heavy atom. The third kappa shape index (κ3) is 2.71. The fourth-order valence-electron chi connectivity index (χ4n) is 3.02. The van der Waals surface area contributed by atoms with Crippen molar-refractivity contribution >= 4 is 17.9 Å². The molecule has 112 valence electrons. The maximum Gasteiger partial charge on any atom is 0.326 e. The highest BCUT2D eigenvalue weighted by Crippen LogP contribution is 2.26. The summed E-state index contributed by atoms with van der Waals surface area (Å²) in [5.74, 6) is -1.70. The van der Waals surface area contributed by atoms with Crippen LogP contribution in [0.4, 0.5) is 4.79 Å². The molecule has 20 heavy (non-hydrogen) atoms. The number of carbonyl (C=O) groups excluding carboxylic acids is 2. The van der Waals surface area contributed by atoms with Crippen molar-refractivity contribution in [3.63, 3.8) is 0 Å². The van der Waals surface area contributed by atoms with E-state index in [-0.39, 0.29) is 24.5 Å². The summed E-state index contributed by atoms with van der Waals surface area (Å²) in [4.78, 5) is 38.0. The van der Waals surface area contributed by atoms with Gasteiger partial charge in [-0.15, -0.1) is 0 Å². The molecule has 0 radical (unpaired) electrons. The molecule has 3 atom stereocenters. The summed E-state index contributed by atoms with van der Waals surface area (Å²) >= 11 is 0. The molecule has 2 unspecified atom stereocenters. The second kappa shape index (κ2) is 5.68. The Kier molecular flexibility index (Phi) is 4.15. The molecule has 0 aromatic carbocycles. The van der Waals surface area contributed by atoms with Crippen molar-refractivity contribution in [1.29, 1.82) is 0 Å². The average Bonchev–Trinajstić information content (AvgIpc) is 2.87. The number of hydrogen-bond acceptors (Lipinski definition) is 3. The van der Waals surface area contributed by atoms with Gasteiger partial charge in [0.1, 0.15) is 6.04 Å². The van der Waals surface area contributed by atoms with E-state index >= 15 is 0 Å². The number of carboxylic acid groups (broad SMARTS) is 1. The van der Waals surface area contributed by atoms with E-state index < -0.39 is 17.9 Å². The number of piperidine rings is 1. The Balaban J connectivity index is 2.10. The predicted octanol–water partition coefficient (Wildman–Crippen LogP) is 0.241. The van der Waals surface area contributed by atoms with Gasteiger partial charge in [0, 0.05) is 19.1 Å². The lowest BCUT2D eigenvalue weighted by molar-refractivity contribution is -0.141. The molecule has 0 aromatic heterocycles. The molecule has 7 nitrogen and oxygen atoms in total. The molecule has 2 fully saturated rings. The van der Waals surface area contributed by atoms with E-state index in [1.165, 1.54) is 4.90 Å². The summed E-state index contributed by atoms with van der Waals surface area (Å²) in [6.45, 7) is 2.67. The van der Waals surface area contributed by atoms with Crippen LogP contribution in [0, 0.1) is 5.92 Å². The first-order chi connectivity index (χ1) is 9.41. The Hall–Kier alpha value is -1.79. The van der Waals surface area contributed by atoms with Crippen LogP contribution in [0.1, 0.15) is 32.6 Å². The molecule has 3 amide bonds. The highest BCUT2D eigenvalue weighted by atomic mass is 16.4. The van der Waals surface area contributed by atoms with Gasteiger partial charge in [-0.3, -0.25) is 4.79 Å². The topological polar surface area (TPSA) is 104 Å². The first-order valence-corrected chi connectivity index (χ1v) is 7.01. The van der Waals surface area contributed by atoms with Crippen LogP contribution >= 0.6 is 0 Å². The molecular formula is C13H21N3O4. The van der Waals surface area contributed by atoms with Crippen molar-refractivity contribution in [1.82, 2.24) is 9.80 Å². The van der Waals surface area contributed by atoms with Gasteiger partial charge in [-0.05, 0) is 32.6 Å². The average molecular weight is 283 g/mol. The quantitative estimate of drug-likeness (QED) is 0.757. The number of urea groups is 1.